The number of nitrogens with zero attached hydrogens (tertiary/aromatic N) is 2. The molecule has 0 saturated carbocycles. The number of benzene rings is 1. The smallest absolute Gasteiger partial charge is 0.129 e. The molecule has 0 aliphatic rings. The zero-order chi connectivity index (χ0) is 11.4. The van der Waals surface area contributed by atoms with E-state index in [1.165, 1.54) is 6.07 Å². The Kier molecular flexibility index (Phi) is 3.81. The lowest BCUT2D eigenvalue weighted by Gasteiger charge is -2.21. The van der Waals surface area contributed by atoms with E-state index < -0.39 is 0 Å². The molecule has 0 amide bonds. The summed E-state index contributed by atoms with van der Waals surface area (Å²) in [6.07, 6.45) is 0. The van der Waals surface area contributed by atoms with E-state index in [1.54, 1.807) is 12.1 Å². The van der Waals surface area contributed by atoms with Gasteiger partial charge in [-0.2, -0.15) is 5.26 Å². The largest absolute Gasteiger partial charge is 0.300 e. The first-order valence-corrected chi connectivity index (χ1v) is 4.93. The van der Waals surface area contributed by atoms with Crippen LogP contribution in [0, 0.1) is 17.1 Å². The SMILES string of the molecule is CC(C)N(C)Cc1ccc(C#N)cc1F. The molecule has 0 aromatic heterocycles. The molecule has 0 bridgehead atoms. The Morgan fingerprint density at radius 3 is 2.60 bits per heavy atom. The molecule has 1 aromatic rings. The zero-order valence-corrected chi connectivity index (χ0v) is 9.29. The molecule has 0 N–H and O–H groups in total. The molecule has 3 heteroatoms. The molecule has 0 spiro atoms. The molecular weight excluding hydrogens is 191 g/mol. The van der Waals surface area contributed by atoms with Gasteiger partial charge in [0.15, 0.2) is 0 Å². The lowest BCUT2D eigenvalue weighted by atomic mass is 10.1. The number of hydrogen-bond acceptors (Lipinski definition) is 2. The minimum Gasteiger partial charge on any atom is -0.300 e. The highest BCUT2D eigenvalue weighted by Gasteiger charge is 2.08. The molecule has 0 saturated heterocycles. The predicted molar refractivity (Wildman–Crippen MR) is 57.7 cm³/mol. The van der Waals surface area contributed by atoms with Crippen LogP contribution in [0.15, 0.2) is 18.2 Å². The molecule has 80 valence electrons. The van der Waals surface area contributed by atoms with Crippen molar-refractivity contribution in [3.8, 4) is 6.07 Å². The van der Waals surface area contributed by atoms with Crippen molar-refractivity contribution in [2.45, 2.75) is 26.4 Å². The minimum atomic E-state index is -0.304. The molecule has 2 nitrogen and oxygen atoms in total. The van der Waals surface area contributed by atoms with E-state index in [0.717, 1.165) is 0 Å². The quantitative estimate of drug-likeness (QED) is 0.760. The van der Waals surface area contributed by atoms with Crippen LogP contribution in [0.1, 0.15) is 25.0 Å². The summed E-state index contributed by atoms with van der Waals surface area (Å²) in [6.45, 7) is 4.68. The molecule has 0 heterocycles. The molecule has 0 radical (unpaired) electrons. The first-order valence-electron chi connectivity index (χ1n) is 4.93. The standard InChI is InChI=1S/C12H15FN2/c1-9(2)15(3)8-11-5-4-10(7-14)6-12(11)13/h4-6,9H,8H2,1-3H3. The highest BCUT2D eigenvalue weighted by molar-refractivity contribution is 5.32. The molecule has 0 fully saturated rings. The molecule has 0 aliphatic carbocycles. The second-order valence-electron chi connectivity index (χ2n) is 3.93. The summed E-state index contributed by atoms with van der Waals surface area (Å²) >= 11 is 0. The van der Waals surface area contributed by atoms with Gasteiger partial charge in [0, 0.05) is 18.2 Å². The van der Waals surface area contributed by atoms with Crippen LogP contribution in [0.2, 0.25) is 0 Å². The van der Waals surface area contributed by atoms with Gasteiger partial charge in [-0.1, -0.05) is 6.07 Å². The van der Waals surface area contributed by atoms with Crippen molar-refractivity contribution in [3.63, 3.8) is 0 Å². The lowest BCUT2D eigenvalue weighted by molar-refractivity contribution is 0.262. The third kappa shape index (κ3) is 3.03. The zero-order valence-electron chi connectivity index (χ0n) is 9.29. The van der Waals surface area contributed by atoms with Crippen LogP contribution < -0.4 is 0 Å². The maximum Gasteiger partial charge on any atom is 0.129 e. The normalized spacial score (nSPS) is 10.7. The average Bonchev–Trinajstić information content (AvgIpc) is 2.20. The van der Waals surface area contributed by atoms with Crippen molar-refractivity contribution in [3.05, 3.63) is 35.1 Å². The molecule has 1 aromatic carbocycles. The minimum absolute atomic E-state index is 0.304. The number of rotatable bonds is 3. The van der Waals surface area contributed by atoms with Crippen molar-refractivity contribution >= 4 is 0 Å². The third-order valence-corrected chi connectivity index (χ3v) is 2.48. The van der Waals surface area contributed by atoms with Gasteiger partial charge in [-0.15, -0.1) is 0 Å². The van der Waals surface area contributed by atoms with E-state index in [4.69, 9.17) is 5.26 Å². The molecule has 0 aliphatic heterocycles. The third-order valence-electron chi connectivity index (χ3n) is 2.48. The number of hydrogen-bond donors (Lipinski definition) is 0. The van der Waals surface area contributed by atoms with E-state index in [2.05, 4.69) is 13.8 Å². The van der Waals surface area contributed by atoms with Crippen LogP contribution in [0.3, 0.4) is 0 Å². The van der Waals surface area contributed by atoms with Crippen molar-refractivity contribution in [1.82, 2.24) is 4.90 Å². The van der Waals surface area contributed by atoms with Gasteiger partial charge in [-0.05, 0) is 33.0 Å². The maximum absolute atomic E-state index is 13.5. The van der Waals surface area contributed by atoms with Gasteiger partial charge in [0.25, 0.3) is 0 Å². The van der Waals surface area contributed by atoms with Crippen molar-refractivity contribution in [2.75, 3.05) is 7.05 Å². The molecule has 15 heavy (non-hydrogen) atoms. The van der Waals surface area contributed by atoms with Crippen molar-refractivity contribution in [1.29, 1.82) is 5.26 Å². The van der Waals surface area contributed by atoms with Crippen LogP contribution in [0.5, 0.6) is 0 Å². The second kappa shape index (κ2) is 4.90. The van der Waals surface area contributed by atoms with Gasteiger partial charge >= 0.3 is 0 Å². The lowest BCUT2D eigenvalue weighted by Crippen LogP contribution is -2.26. The fourth-order valence-corrected chi connectivity index (χ4v) is 1.20. The average molecular weight is 206 g/mol. The Hall–Kier alpha value is -1.40. The molecule has 0 unspecified atom stereocenters. The summed E-state index contributed by atoms with van der Waals surface area (Å²) in [4.78, 5) is 2.05. The van der Waals surface area contributed by atoms with Crippen LogP contribution >= 0.6 is 0 Å². The first kappa shape index (κ1) is 11.7. The summed E-state index contributed by atoms with van der Waals surface area (Å²) in [7, 11) is 1.95. The van der Waals surface area contributed by atoms with Crippen molar-refractivity contribution < 1.29 is 4.39 Å². The van der Waals surface area contributed by atoms with E-state index in [0.29, 0.717) is 23.7 Å². The fraction of sp³-hybridized carbons (Fsp3) is 0.417. The van der Waals surface area contributed by atoms with E-state index in [9.17, 15) is 4.39 Å². The van der Waals surface area contributed by atoms with Crippen LogP contribution in [0.25, 0.3) is 0 Å². The summed E-state index contributed by atoms with van der Waals surface area (Å²) in [5.74, 6) is -0.304. The van der Waals surface area contributed by atoms with E-state index >= 15 is 0 Å². The van der Waals surface area contributed by atoms with Gasteiger partial charge in [-0.3, -0.25) is 4.90 Å². The van der Waals surface area contributed by atoms with Gasteiger partial charge in [0.05, 0.1) is 11.6 Å². The van der Waals surface area contributed by atoms with Crippen LogP contribution in [-0.2, 0) is 6.54 Å². The van der Waals surface area contributed by atoms with E-state index in [-0.39, 0.29) is 5.82 Å². The summed E-state index contributed by atoms with van der Waals surface area (Å²) < 4.78 is 13.5. The summed E-state index contributed by atoms with van der Waals surface area (Å²) in [5.41, 5.74) is 0.994. The second-order valence-corrected chi connectivity index (χ2v) is 3.93. The van der Waals surface area contributed by atoms with Crippen LogP contribution in [-0.4, -0.2) is 18.0 Å². The van der Waals surface area contributed by atoms with Crippen molar-refractivity contribution in [2.24, 2.45) is 0 Å². The Morgan fingerprint density at radius 2 is 2.13 bits per heavy atom. The molecule has 1 rings (SSSR count). The topological polar surface area (TPSA) is 27.0 Å². The Bertz CT molecular complexity index is 380. The fourth-order valence-electron chi connectivity index (χ4n) is 1.20. The number of halogens is 1. The predicted octanol–water partition coefficient (Wildman–Crippen LogP) is 2.54. The Labute approximate surface area is 89.9 Å². The summed E-state index contributed by atoms with van der Waals surface area (Å²) in [6, 6.07) is 6.89. The maximum atomic E-state index is 13.5. The van der Waals surface area contributed by atoms with Gasteiger partial charge in [-0.25, -0.2) is 4.39 Å². The van der Waals surface area contributed by atoms with Gasteiger partial charge in [0.1, 0.15) is 5.82 Å². The first-order chi connectivity index (χ1) is 7.04. The monoisotopic (exact) mass is 206 g/mol. The highest BCUT2D eigenvalue weighted by Crippen LogP contribution is 2.12. The van der Waals surface area contributed by atoms with Crippen LogP contribution in [0.4, 0.5) is 4.39 Å². The summed E-state index contributed by atoms with van der Waals surface area (Å²) in [5, 5.41) is 8.60. The Morgan fingerprint density at radius 1 is 1.47 bits per heavy atom. The molecular formula is C12H15FN2. The van der Waals surface area contributed by atoms with E-state index in [1.807, 2.05) is 18.0 Å². The van der Waals surface area contributed by atoms with Gasteiger partial charge in [0.2, 0.25) is 0 Å². The molecule has 0 atom stereocenters. The Balaban J connectivity index is 2.84. The highest BCUT2D eigenvalue weighted by atomic mass is 19.1. The number of nitriles is 1. The van der Waals surface area contributed by atoms with Gasteiger partial charge < -0.3 is 0 Å².